The van der Waals surface area contributed by atoms with E-state index in [4.69, 9.17) is 11.6 Å². The minimum Gasteiger partial charge on any atom is -0.322 e. The summed E-state index contributed by atoms with van der Waals surface area (Å²) in [6.07, 6.45) is 3.12. The van der Waals surface area contributed by atoms with Crippen LogP contribution in [0.2, 0.25) is 5.15 Å². The summed E-state index contributed by atoms with van der Waals surface area (Å²) in [7, 11) is 0. The Kier molecular flexibility index (Phi) is 5.41. The molecule has 0 unspecified atom stereocenters. The van der Waals surface area contributed by atoms with Crippen LogP contribution in [0.4, 0.5) is 11.4 Å². The van der Waals surface area contributed by atoms with Gasteiger partial charge in [0.1, 0.15) is 5.15 Å². The Balaban J connectivity index is 1.53. The molecule has 7 heteroatoms. The smallest absolute Gasteiger partial charge is 0.257 e. The SMILES string of the molecule is Cc1ccc(NC(=O)c2ccc(Cl)nc2)cc1NC(=O)c1ccc2ncccc2c1. The number of halogens is 1. The molecule has 0 aliphatic heterocycles. The van der Waals surface area contributed by atoms with E-state index in [1.54, 1.807) is 42.6 Å². The van der Waals surface area contributed by atoms with Gasteiger partial charge in [0.25, 0.3) is 11.8 Å². The molecule has 4 aromatic rings. The molecule has 2 N–H and O–H groups in total. The lowest BCUT2D eigenvalue weighted by Crippen LogP contribution is -2.15. The lowest BCUT2D eigenvalue weighted by atomic mass is 10.1. The van der Waals surface area contributed by atoms with Gasteiger partial charge in [-0.15, -0.1) is 0 Å². The highest BCUT2D eigenvalue weighted by Crippen LogP contribution is 2.22. The normalized spacial score (nSPS) is 10.6. The van der Waals surface area contributed by atoms with E-state index in [9.17, 15) is 9.59 Å². The quantitative estimate of drug-likeness (QED) is 0.453. The summed E-state index contributed by atoms with van der Waals surface area (Å²) in [6, 6.07) is 17.6. The van der Waals surface area contributed by atoms with Crippen molar-refractivity contribution in [3.63, 3.8) is 0 Å². The molecule has 0 aliphatic rings. The van der Waals surface area contributed by atoms with Crippen LogP contribution in [0.3, 0.4) is 0 Å². The molecule has 2 aromatic heterocycles. The van der Waals surface area contributed by atoms with Crippen LogP contribution in [-0.2, 0) is 0 Å². The van der Waals surface area contributed by atoms with Crippen LogP contribution in [0.25, 0.3) is 10.9 Å². The number of amides is 2. The van der Waals surface area contributed by atoms with Crippen molar-refractivity contribution in [2.24, 2.45) is 0 Å². The molecule has 0 bridgehead atoms. The molecule has 2 heterocycles. The second-order valence-electron chi connectivity index (χ2n) is 6.72. The molecule has 0 saturated heterocycles. The Labute approximate surface area is 177 Å². The zero-order valence-corrected chi connectivity index (χ0v) is 16.8. The summed E-state index contributed by atoms with van der Waals surface area (Å²) in [5, 5.41) is 6.92. The highest BCUT2D eigenvalue weighted by Gasteiger charge is 2.11. The molecule has 0 aliphatic carbocycles. The number of anilines is 2. The maximum Gasteiger partial charge on any atom is 0.257 e. The highest BCUT2D eigenvalue weighted by atomic mass is 35.5. The molecule has 6 nitrogen and oxygen atoms in total. The molecule has 0 spiro atoms. The third kappa shape index (κ3) is 4.29. The number of fused-ring (bicyclic) bond motifs is 1. The summed E-state index contributed by atoms with van der Waals surface area (Å²) in [4.78, 5) is 33.3. The van der Waals surface area contributed by atoms with Gasteiger partial charge in [-0.1, -0.05) is 23.7 Å². The molecule has 30 heavy (non-hydrogen) atoms. The van der Waals surface area contributed by atoms with Crippen molar-refractivity contribution in [2.75, 3.05) is 10.6 Å². The number of aryl methyl sites for hydroxylation is 1. The minimum absolute atomic E-state index is 0.241. The van der Waals surface area contributed by atoms with Crippen LogP contribution in [0.1, 0.15) is 26.3 Å². The first kappa shape index (κ1) is 19.5. The van der Waals surface area contributed by atoms with E-state index in [0.29, 0.717) is 27.7 Å². The molecule has 2 aromatic carbocycles. The monoisotopic (exact) mass is 416 g/mol. The number of nitrogens with one attached hydrogen (secondary N) is 2. The third-order valence-corrected chi connectivity index (χ3v) is 4.82. The number of carbonyl (C=O) groups is 2. The fourth-order valence-electron chi connectivity index (χ4n) is 2.96. The highest BCUT2D eigenvalue weighted by molar-refractivity contribution is 6.29. The maximum atomic E-state index is 12.8. The first-order valence-electron chi connectivity index (χ1n) is 9.19. The van der Waals surface area contributed by atoms with E-state index >= 15 is 0 Å². The van der Waals surface area contributed by atoms with Gasteiger partial charge >= 0.3 is 0 Å². The Morgan fingerprint density at radius 3 is 2.47 bits per heavy atom. The molecule has 0 atom stereocenters. The van der Waals surface area contributed by atoms with Gasteiger partial charge in [0.15, 0.2) is 0 Å². The summed E-state index contributed by atoms with van der Waals surface area (Å²) in [5.41, 5.74) is 3.77. The molecule has 148 valence electrons. The van der Waals surface area contributed by atoms with Crippen molar-refractivity contribution in [1.29, 1.82) is 0 Å². The topological polar surface area (TPSA) is 84.0 Å². The first-order valence-corrected chi connectivity index (χ1v) is 9.57. The molecule has 2 amide bonds. The lowest BCUT2D eigenvalue weighted by Gasteiger charge is -2.12. The third-order valence-electron chi connectivity index (χ3n) is 4.60. The van der Waals surface area contributed by atoms with E-state index in [1.165, 1.54) is 6.20 Å². The van der Waals surface area contributed by atoms with Gasteiger partial charge in [0.2, 0.25) is 0 Å². The van der Waals surface area contributed by atoms with Crippen molar-refractivity contribution in [3.05, 3.63) is 94.9 Å². The van der Waals surface area contributed by atoms with Crippen LogP contribution in [0.5, 0.6) is 0 Å². The Morgan fingerprint density at radius 1 is 0.867 bits per heavy atom. The minimum atomic E-state index is -0.317. The van der Waals surface area contributed by atoms with Gasteiger partial charge < -0.3 is 10.6 Å². The fraction of sp³-hybridized carbons (Fsp3) is 0.0435. The average Bonchev–Trinajstić information content (AvgIpc) is 2.76. The van der Waals surface area contributed by atoms with E-state index < -0.39 is 0 Å². The van der Waals surface area contributed by atoms with Gasteiger partial charge in [-0.2, -0.15) is 0 Å². The largest absolute Gasteiger partial charge is 0.322 e. The molecule has 0 fully saturated rings. The molecule has 0 radical (unpaired) electrons. The van der Waals surface area contributed by atoms with Gasteiger partial charge in [-0.25, -0.2) is 4.98 Å². The van der Waals surface area contributed by atoms with Crippen molar-refractivity contribution in [2.45, 2.75) is 6.92 Å². The van der Waals surface area contributed by atoms with Gasteiger partial charge in [0.05, 0.1) is 11.1 Å². The van der Waals surface area contributed by atoms with Crippen LogP contribution >= 0.6 is 11.6 Å². The van der Waals surface area contributed by atoms with Crippen LogP contribution in [-0.4, -0.2) is 21.8 Å². The first-order chi connectivity index (χ1) is 14.5. The number of hydrogen-bond acceptors (Lipinski definition) is 4. The molecular formula is C23H17ClN4O2. The zero-order chi connectivity index (χ0) is 21.1. The van der Waals surface area contributed by atoms with E-state index in [-0.39, 0.29) is 11.8 Å². The number of rotatable bonds is 4. The average molecular weight is 417 g/mol. The summed E-state index contributed by atoms with van der Waals surface area (Å²) in [6.45, 7) is 1.88. The second-order valence-corrected chi connectivity index (χ2v) is 7.11. The Hall–Kier alpha value is -3.77. The Morgan fingerprint density at radius 2 is 1.67 bits per heavy atom. The maximum absolute atomic E-state index is 12.8. The Bertz CT molecular complexity index is 1260. The standard InChI is InChI=1S/C23H17ClN4O2/c1-14-4-7-18(27-23(30)17-6-9-21(24)26-13-17)12-20(14)28-22(29)16-5-8-19-15(11-16)3-2-10-25-19/h2-13H,1H3,(H,27,30)(H,28,29). The van der Waals surface area contributed by atoms with Crippen molar-refractivity contribution in [3.8, 4) is 0 Å². The number of carbonyl (C=O) groups excluding carboxylic acids is 2. The number of hydrogen-bond donors (Lipinski definition) is 2. The van der Waals surface area contributed by atoms with Crippen LogP contribution < -0.4 is 10.6 Å². The van der Waals surface area contributed by atoms with Gasteiger partial charge in [-0.3, -0.25) is 14.6 Å². The van der Waals surface area contributed by atoms with Crippen LogP contribution in [0.15, 0.2) is 73.1 Å². The van der Waals surface area contributed by atoms with Gasteiger partial charge in [-0.05, 0) is 61.0 Å². The number of pyridine rings is 2. The number of benzene rings is 2. The lowest BCUT2D eigenvalue weighted by molar-refractivity contribution is 0.101. The molecule has 4 rings (SSSR count). The summed E-state index contributed by atoms with van der Waals surface area (Å²) in [5.74, 6) is -0.559. The van der Waals surface area contributed by atoms with E-state index in [0.717, 1.165) is 16.5 Å². The second kappa shape index (κ2) is 8.31. The van der Waals surface area contributed by atoms with Crippen molar-refractivity contribution >= 4 is 45.7 Å². The van der Waals surface area contributed by atoms with Crippen molar-refractivity contribution < 1.29 is 9.59 Å². The number of aromatic nitrogens is 2. The van der Waals surface area contributed by atoms with Gasteiger partial charge in [0, 0.05) is 34.7 Å². The summed E-state index contributed by atoms with van der Waals surface area (Å²) >= 11 is 5.76. The predicted molar refractivity (Wildman–Crippen MR) is 118 cm³/mol. The summed E-state index contributed by atoms with van der Waals surface area (Å²) < 4.78 is 0. The van der Waals surface area contributed by atoms with E-state index in [1.807, 2.05) is 31.2 Å². The molecular weight excluding hydrogens is 400 g/mol. The fourth-order valence-corrected chi connectivity index (χ4v) is 3.07. The number of nitrogens with zero attached hydrogens (tertiary/aromatic N) is 2. The van der Waals surface area contributed by atoms with Crippen molar-refractivity contribution in [1.82, 2.24) is 9.97 Å². The predicted octanol–water partition coefficient (Wildman–Crippen LogP) is 5.10. The molecule has 0 saturated carbocycles. The van der Waals surface area contributed by atoms with E-state index in [2.05, 4.69) is 20.6 Å². The zero-order valence-electron chi connectivity index (χ0n) is 16.0. The van der Waals surface area contributed by atoms with Crippen LogP contribution in [0, 0.1) is 6.92 Å².